The maximum Gasteiger partial charge on any atom is 0.164 e. The predicted molar refractivity (Wildman–Crippen MR) is 135 cm³/mol. The molecule has 4 aromatic carbocycles. The molecule has 0 atom stereocenters. The maximum atomic E-state index is 5.82. The molecule has 4 aromatic rings. The number of rotatable bonds is 8. The highest BCUT2D eigenvalue weighted by Crippen LogP contribution is 2.59. The highest BCUT2D eigenvalue weighted by Gasteiger charge is 2.46. The number of methoxy groups -OCH3 is 3. The van der Waals surface area contributed by atoms with Crippen LogP contribution in [0.15, 0.2) is 103 Å². The van der Waals surface area contributed by atoms with Gasteiger partial charge in [-0.3, -0.25) is 0 Å². The minimum atomic E-state index is -2.05. The van der Waals surface area contributed by atoms with Gasteiger partial charge in [0.1, 0.15) is 35.1 Å². The highest BCUT2D eigenvalue weighted by atomic mass is 35.5. The van der Waals surface area contributed by atoms with Crippen LogP contribution in [0.4, 0.5) is 0 Å². The van der Waals surface area contributed by atoms with Crippen molar-refractivity contribution in [2.45, 2.75) is 6.16 Å². The van der Waals surface area contributed by atoms with Gasteiger partial charge in [0.05, 0.1) is 21.3 Å². The molecular weight excluding hydrogens is 451 g/mol. The van der Waals surface area contributed by atoms with Gasteiger partial charge in [-0.25, -0.2) is 0 Å². The van der Waals surface area contributed by atoms with E-state index in [4.69, 9.17) is 14.2 Å². The van der Waals surface area contributed by atoms with Gasteiger partial charge in [-0.2, -0.15) is 0 Å². The second kappa shape index (κ2) is 11.2. The number of hydrogen-bond donors (Lipinski definition) is 0. The van der Waals surface area contributed by atoms with Crippen molar-refractivity contribution in [2.24, 2.45) is 0 Å². The van der Waals surface area contributed by atoms with Gasteiger partial charge in [-0.15, -0.1) is 0 Å². The summed E-state index contributed by atoms with van der Waals surface area (Å²) in [6, 6.07) is 36.5. The van der Waals surface area contributed by atoms with Crippen molar-refractivity contribution in [2.75, 3.05) is 21.3 Å². The molecular formula is C28H28ClO3P. The summed E-state index contributed by atoms with van der Waals surface area (Å²) in [5.74, 6) is 2.17. The summed E-state index contributed by atoms with van der Waals surface area (Å²) < 4.78 is 17.0. The molecule has 0 aliphatic rings. The maximum absolute atomic E-state index is 5.82. The van der Waals surface area contributed by atoms with Crippen LogP contribution in [0.1, 0.15) is 5.56 Å². The fraction of sp³-hybridized carbons (Fsp3) is 0.143. The third-order valence-corrected chi connectivity index (χ3v) is 10.1. The van der Waals surface area contributed by atoms with Crippen LogP contribution in [0.5, 0.6) is 17.2 Å². The summed E-state index contributed by atoms with van der Waals surface area (Å²) >= 11 is 0. The summed E-state index contributed by atoms with van der Waals surface area (Å²) in [6.07, 6.45) is 0.800. The zero-order chi connectivity index (χ0) is 22.4. The molecule has 0 radical (unpaired) electrons. The molecule has 0 aliphatic carbocycles. The molecule has 3 nitrogen and oxygen atoms in total. The Morgan fingerprint density at radius 2 is 0.879 bits per heavy atom. The SMILES string of the molecule is COc1cc(OC)c(OC)cc1C[P+](c1ccccc1)(c1ccccc1)c1ccccc1.[Cl-]. The molecule has 0 unspecified atom stereocenters. The Morgan fingerprint density at radius 3 is 1.24 bits per heavy atom. The van der Waals surface area contributed by atoms with Crippen molar-refractivity contribution in [3.63, 3.8) is 0 Å². The van der Waals surface area contributed by atoms with Gasteiger partial charge >= 0.3 is 0 Å². The summed E-state index contributed by atoms with van der Waals surface area (Å²) in [5, 5.41) is 3.98. The third kappa shape index (κ3) is 4.85. The van der Waals surface area contributed by atoms with Gasteiger partial charge in [-0.05, 0) is 42.5 Å². The second-order valence-electron chi connectivity index (χ2n) is 7.49. The molecule has 0 saturated carbocycles. The molecule has 0 spiro atoms. The average Bonchev–Trinajstić information content (AvgIpc) is 2.88. The summed E-state index contributed by atoms with van der Waals surface area (Å²) in [6.45, 7) is 0. The average molecular weight is 479 g/mol. The van der Waals surface area contributed by atoms with Crippen LogP contribution in [0.3, 0.4) is 0 Å². The van der Waals surface area contributed by atoms with Crippen LogP contribution in [-0.2, 0) is 6.16 Å². The van der Waals surface area contributed by atoms with Gasteiger partial charge in [-0.1, -0.05) is 54.6 Å². The van der Waals surface area contributed by atoms with Crippen molar-refractivity contribution in [1.29, 1.82) is 0 Å². The standard InChI is InChI=1S/C28H28O3P.ClH/c1-29-26-20-28(31-3)27(30-2)19-22(26)21-32(23-13-7-4-8-14-23,24-15-9-5-10-16-24)25-17-11-6-12-18-25;/h4-20H,21H2,1-3H3;1H/q+1;/p-1. The lowest BCUT2D eigenvalue weighted by atomic mass is 10.2. The summed E-state index contributed by atoms with van der Waals surface area (Å²) in [7, 11) is 2.97. The smallest absolute Gasteiger partial charge is 0.164 e. The fourth-order valence-electron chi connectivity index (χ4n) is 4.24. The van der Waals surface area contributed by atoms with Crippen LogP contribution < -0.4 is 42.5 Å². The Hall–Kier alpha value is -3.00. The number of ether oxygens (including phenoxy) is 3. The molecule has 0 saturated heterocycles. The Labute approximate surface area is 203 Å². The topological polar surface area (TPSA) is 27.7 Å². The van der Waals surface area contributed by atoms with Gasteiger partial charge in [0, 0.05) is 11.6 Å². The van der Waals surface area contributed by atoms with Crippen molar-refractivity contribution in [1.82, 2.24) is 0 Å². The van der Waals surface area contributed by atoms with E-state index in [1.165, 1.54) is 15.9 Å². The first-order chi connectivity index (χ1) is 15.7. The van der Waals surface area contributed by atoms with Gasteiger partial charge in [0.2, 0.25) is 0 Å². The Morgan fingerprint density at radius 1 is 0.515 bits per heavy atom. The number of hydrogen-bond acceptors (Lipinski definition) is 3. The normalized spacial score (nSPS) is 10.8. The first kappa shape index (κ1) is 24.6. The largest absolute Gasteiger partial charge is 1.00 e. The van der Waals surface area contributed by atoms with Crippen LogP contribution in [0, 0.1) is 0 Å². The van der Waals surface area contributed by atoms with E-state index in [9.17, 15) is 0 Å². The molecule has 0 N–H and O–H groups in total. The molecule has 33 heavy (non-hydrogen) atoms. The number of halogens is 1. The van der Waals surface area contributed by atoms with Crippen molar-refractivity contribution in [3.8, 4) is 17.2 Å². The predicted octanol–water partition coefficient (Wildman–Crippen LogP) is 2.21. The van der Waals surface area contributed by atoms with Crippen LogP contribution >= 0.6 is 7.26 Å². The first-order valence-electron chi connectivity index (χ1n) is 10.6. The lowest BCUT2D eigenvalue weighted by Crippen LogP contribution is -3.00. The van der Waals surface area contributed by atoms with E-state index in [0.717, 1.165) is 17.5 Å². The van der Waals surface area contributed by atoms with Gasteiger partial charge in [0.25, 0.3) is 0 Å². The molecule has 0 aromatic heterocycles. The molecule has 0 amide bonds. The van der Waals surface area contributed by atoms with E-state index >= 15 is 0 Å². The number of benzene rings is 4. The van der Waals surface area contributed by atoms with E-state index in [1.54, 1.807) is 21.3 Å². The van der Waals surface area contributed by atoms with E-state index in [-0.39, 0.29) is 12.4 Å². The zero-order valence-corrected chi connectivity index (χ0v) is 20.7. The third-order valence-electron chi connectivity index (χ3n) is 5.79. The van der Waals surface area contributed by atoms with E-state index in [1.807, 2.05) is 6.07 Å². The Bertz CT molecular complexity index is 1060. The van der Waals surface area contributed by atoms with Crippen LogP contribution in [0.25, 0.3) is 0 Å². The molecule has 0 fully saturated rings. The van der Waals surface area contributed by atoms with E-state index in [0.29, 0.717) is 11.5 Å². The summed E-state index contributed by atoms with van der Waals surface area (Å²) in [5.41, 5.74) is 1.09. The molecule has 0 heterocycles. The van der Waals surface area contributed by atoms with E-state index in [2.05, 4.69) is 97.1 Å². The molecule has 5 heteroatoms. The van der Waals surface area contributed by atoms with E-state index < -0.39 is 7.26 Å². The lowest BCUT2D eigenvalue weighted by Gasteiger charge is -2.28. The minimum absolute atomic E-state index is 0. The van der Waals surface area contributed by atoms with Crippen LogP contribution in [-0.4, -0.2) is 21.3 Å². The van der Waals surface area contributed by atoms with Gasteiger partial charge < -0.3 is 26.6 Å². The molecule has 0 aliphatic heterocycles. The van der Waals surface area contributed by atoms with Gasteiger partial charge in [0.15, 0.2) is 11.5 Å². The lowest BCUT2D eigenvalue weighted by molar-refractivity contribution is -0.00000713. The molecule has 170 valence electrons. The monoisotopic (exact) mass is 478 g/mol. The molecule has 4 rings (SSSR count). The van der Waals surface area contributed by atoms with Crippen LogP contribution in [0.2, 0.25) is 0 Å². The van der Waals surface area contributed by atoms with Crippen molar-refractivity contribution < 1.29 is 26.6 Å². The minimum Gasteiger partial charge on any atom is -1.00 e. The first-order valence-corrected chi connectivity index (χ1v) is 12.5. The fourth-order valence-corrected chi connectivity index (χ4v) is 8.48. The van der Waals surface area contributed by atoms with Crippen molar-refractivity contribution >= 4 is 23.2 Å². The second-order valence-corrected chi connectivity index (χ2v) is 11.0. The highest BCUT2D eigenvalue weighted by molar-refractivity contribution is 7.95. The molecule has 0 bridgehead atoms. The Kier molecular flexibility index (Phi) is 8.38. The Balaban J connectivity index is 0.00000306. The van der Waals surface area contributed by atoms with Crippen molar-refractivity contribution in [3.05, 3.63) is 109 Å². The quantitative estimate of drug-likeness (QED) is 0.363. The summed E-state index contributed by atoms with van der Waals surface area (Å²) in [4.78, 5) is 0. The zero-order valence-electron chi connectivity index (χ0n) is 19.1.